The first-order valence-electron chi connectivity index (χ1n) is 9.93. The number of hydrogen-bond acceptors (Lipinski definition) is 9. The average molecular weight is 468 g/mol. The lowest BCUT2D eigenvalue weighted by Gasteiger charge is -2.29. The highest BCUT2D eigenvalue weighted by atomic mass is 32.2. The van der Waals surface area contributed by atoms with E-state index in [-0.39, 0.29) is 17.5 Å². The number of aryl methyl sites for hydroxylation is 1. The fourth-order valence-electron chi connectivity index (χ4n) is 3.42. The molecular weight excluding hydrogens is 442 g/mol. The molecule has 1 saturated heterocycles. The molecule has 2 heterocycles. The summed E-state index contributed by atoms with van der Waals surface area (Å²) in [6, 6.07) is 6.53. The van der Waals surface area contributed by atoms with Crippen LogP contribution in [-0.4, -0.2) is 65.5 Å². The van der Waals surface area contributed by atoms with Crippen molar-refractivity contribution in [3.8, 4) is 0 Å². The molecule has 2 aromatic rings. The normalized spacial score (nSPS) is 18.5. The minimum Gasteiger partial charge on any atom is -0.449 e. The molecular formula is C20H25N3O6S2. The van der Waals surface area contributed by atoms with Crippen molar-refractivity contribution in [3.63, 3.8) is 0 Å². The Bertz CT molecular complexity index is 1050. The largest absolute Gasteiger partial charge is 0.449 e. The predicted octanol–water partition coefficient (Wildman–Crippen LogP) is 2.25. The SMILES string of the molecule is CCN(C(=O)C(C)OC(=O)c1ccccc1SCc1nc(C)no1)C1CCS(=O)(=O)C1. The van der Waals surface area contributed by atoms with Crippen molar-refractivity contribution in [1.29, 1.82) is 0 Å². The number of carbonyl (C=O) groups excluding carboxylic acids is 2. The molecule has 2 unspecified atom stereocenters. The highest BCUT2D eigenvalue weighted by Gasteiger charge is 2.36. The molecule has 1 aromatic heterocycles. The third-order valence-corrected chi connectivity index (χ3v) is 7.74. The van der Waals surface area contributed by atoms with Crippen LogP contribution in [0.4, 0.5) is 0 Å². The van der Waals surface area contributed by atoms with Crippen molar-refractivity contribution in [2.24, 2.45) is 0 Å². The van der Waals surface area contributed by atoms with E-state index >= 15 is 0 Å². The Morgan fingerprint density at radius 2 is 2.10 bits per heavy atom. The third kappa shape index (κ3) is 5.85. The summed E-state index contributed by atoms with van der Waals surface area (Å²) in [6.45, 7) is 5.35. The van der Waals surface area contributed by atoms with Crippen molar-refractivity contribution in [2.45, 2.75) is 50.0 Å². The van der Waals surface area contributed by atoms with Gasteiger partial charge in [-0.25, -0.2) is 13.2 Å². The van der Waals surface area contributed by atoms with Crippen LogP contribution in [0, 0.1) is 6.92 Å². The van der Waals surface area contributed by atoms with Crippen LogP contribution in [0.2, 0.25) is 0 Å². The number of thioether (sulfide) groups is 1. The van der Waals surface area contributed by atoms with Crippen LogP contribution in [0.1, 0.15) is 42.3 Å². The van der Waals surface area contributed by atoms with E-state index in [1.54, 1.807) is 38.1 Å². The lowest BCUT2D eigenvalue weighted by atomic mass is 10.2. The van der Waals surface area contributed by atoms with Gasteiger partial charge in [-0.1, -0.05) is 17.3 Å². The first-order valence-corrected chi connectivity index (χ1v) is 12.7. The van der Waals surface area contributed by atoms with Gasteiger partial charge >= 0.3 is 5.97 Å². The molecule has 31 heavy (non-hydrogen) atoms. The molecule has 1 aliphatic rings. The Labute approximate surface area is 185 Å². The summed E-state index contributed by atoms with van der Waals surface area (Å²) in [5.74, 6) is 0.358. The van der Waals surface area contributed by atoms with E-state index < -0.39 is 27.8 Å². The maximum absolute atomic E-state index is 12.9. The fourth-order valence-corrected chi connectivity index (χ4v) is 6.03. The lowest BCUT2D eigenvalue weighted by molar-refractivity contribution is -0.141. The molecule has 9 nitrogen and oxygen atoms in total. The molecule has 0 radical (unpaired) electrons. The van der Waals surface area contributed by atoms with Crippen LogP contribution in [0.5, 0.6) is 0 Å². The van der Waals surface area contributed by atoms with Gasteiger partial charge in [0.2, 0.25) is 5.89 Å². The highest BCUT2D eigenvalue weighted by Crippen LogP contribution is 2.27. The van der Waals surface area contributed by atoms with Crippen LogP contribution >= 0.6 is 11.8 Å². The predicted molar refractivity (Wildman–Crippen MR) is 114 cm³/mol. The topological polar surface area (TPSA) is 120 Å². The van der Waals surface area contributed by atoms with Gasteiger partial charge in [-0.15, -0.1) is 11.8 Å². The van der Waals surface area contributed by atoms with E-state index in [2.05, 4.69) is 10.1 Å². The van der Waals surface area contributed by atoms with Crippen molar-refractivity contribution < 1.29 is 27.3 Å². The van der Waals surface area contributed by atoms with Gasteiger partial charge in [-0.3, -0.25) is 4.79 Å². The molecule has 1 fully saturated rings. The number of benzene rings is 1. The zero-order chi connectivity index (χ0) is 22.6. The number of esters is 1. The van der Waals surface area contributed by atoms with E-state index in [0.717, 1.165) is 0 Å². The number of sulfone groups is 1. The number of ether oxygens (including phenoxy) is 1. The monoisotopic (exact) mass is 467 g/mol. The van der Waals surface area contributed by atoms with Crippen LogP contribution in [0.25, 0.3) is 0 Å². The van der Waals surface area contributed by atoms with Crippen molar-refractivity contribution in [3.05, 3.63) is 41.5 Å². The number of aromatic nitrogens is 2. The number of likely N-dealkylation sites (N-methyl/N-ethyl adjacent to an activating group) is 1. The molecule has 2 atom stereocenters. The van der Waals surface area contributed by atoms with Gasteiger partial charge in [-0.2, -0.15) is 4.98 Å². The Hall–Kier alpha value is -2.40. The summed E-state index contributed by atoms with van der Waals surface area (Å²) >= 11 is 1.35. The average Bonchev–Trinajstić information content (AvgIpc) is 3.31. The van der Waals surface area contributed by atoms with Gasteiger partial charge < -0.3 is 14.2 Å². The summed E-state index contributed by atoms with van der Waals surface area (Å²) in [5.41, 5.74) is 0.329. The molecule has 0 spiro atoms. The second kappa shape index (κ2) is 9.82. The smallest absolute Gasteiger partial charge is 0.340 e. The fraction of sp³-hybridized carbons (Fsp3) is 0.500. The second-order valence-electron chi connectivity index (χ2n) is 7.25. The van der Waals surface area contributed by atoms with Gasteiger partial charge in [0.15, 0.2) is 21.8 Å². The second-order valence-corrected chi connectivity index (χ2v) is 10.5. The van der Waals surface area contributed by atoms with E-state index in [0.29, 0.717) is 40.9 Å². The van der Waals surface area contributed by atoms with E-state index in [4.69, 9.17) is 9.26 Å². The van der Waals surface area contributed by atoms with Crippen LogP contribution in [-0.2, 0) is 25.1 Å². The summed E-state index contributed by atoms with van der Waals surface area (Å²) in [6.07, 6.45) is -0.635. The molecule has 11 heteroatoms. The van der Waals surface area contributed by atoms with Crippen molar-refractivity contribution in [1.82, 2.24) is 15.0 Å². The minimum atomic E-state index is -3.13. The van der Waals surface area contributed by atoms with Crippen molar-refractivity contribution in [2.75, 3.05) is 18.1 Å². The molecule has 0 saturated carbocycles. The summed E-state index contributed by atoms with van der Waals surface area (Å²) in [5, 5.41) is 3.74. The van der Waals surface area contributed by atoms with Gasteiger partial charge in [-0.05, 0) is 39.3 Å². The number of carbonyl (C=O) groups is 2. The summed E-state index contributed by atoms with van der Waals surface area (Å²) in [7, 11) is -3.13. The molecule has 1 aromatic carbocycles. The van der Waals surface area contributed by atoms with E-state index in [1.807, 2.05) is 0 Å². The van der Waals surface area contributed by atoms with Gasteiger partial charge in [0.25, 0.3) is 5.91 Å². The molecule has 0 bridgehead atoms. The van der Waals surface area contributed by atoms with Crippen LogP contribution < -0.4 is 0 Å². The highest BCUT2D eigenvalue weighted by molar-refractivity contribution is 7.98. The first kappa shape index (κ1) is 23.3. The number of nitrogens with zero attached hydrogens (tertiary/aromatic N) is 3. The van der Waals surface area contributed by atoms with Crippen molar-refractivity contribution >= 4 is 33.5 Å². The number of rotatable bonds is 8. The molecule has 0 N–H and O–H groups in total. The quantitative estimate of drug-likeness (QED) is 0.425. The standard InChI is InChI=1S/C20H25N3O6S2/c1-4-23(15-9-10-31(26,27)12-15)19(24)13(2)28-20(25)16-7-5-6-8-17(16)30-11-18-21-14(3)22-29-18/h5-8,13,15H,4,9-12H2,1-3H3. The van der Waals surface area contributed by atoms with Gasteiger partial charge in [0.1, 0.15) is 0 Å². The molecule has 1 aliphatic heterocycles. The maximum Gasteiger partial charge on any atom is 0.340 e. The molecule has 3 rings (SSSR count). The zero-order valence-corrected chi connectivity index (χ0v) is 19.2. The Kier molecular flexibility index (Phi) is 7.37. The first-order chi connectivity index (χ1) is 14.7. The molecule has 168 valence electrons. The Morgan fingerprint density at radius 3 is 2.71 bits per heavy atom. The molecule has 1 amide bonds. The number of amides is 1. The van der Waals surface area contributed by atoms with E-state index in [9.17, 15) is 18.0 Å². The Balaban J connectivity index is 1.65. The van der Waals surface area contributed by atoms with Crippen LogP contribution in [0.3, 0.4) is 0 Å². The van der Waals surface area contributed by atoms with Crippen LogP contribution in [0.15, 0.2) is 33.7 Å². The van der Waals surface area contributed by atoms with Gasteiger partial charge in [0, 0.05) is 17.5 Å². The zero-order valence-electron chi connectivity index (χ0n) is 17.6. The summed E-state index contributed by atoms with van der Waals surface area (Å²) in [4.78, 5) is 31.9. The van der Waals surface area contributed by atoms with Gasteiger partial charge in [0.05, 0.1) is 22.8 Å². The maximum atomic E-state index is 12.9. The third-order valence-electron chi connectivity index (χ3n) is 4.93. The van der Waals surface area contributed by atoms with E-state index in [1.165, 1.54) is 23.6 Å². The molecule has 0 aliphatic carbocycles. The summed E-state index contributed by atoms with van der Waals surface area (Å²) < 4.78 is 34.1. The Morgan fingerprint density at radius 1 is 1.35 bits per heavy atom. The number of hydrogen-bond donors (Lipinski definition) is 0. The minimum absolute atomic E-state index is 0.0537. The lowest BCUT2D eigenvalue weighted by Crippen LogP contribution is -2.46.